The minimum atomic E-state index is -0.842. The van der Waals surface area contributed by atoms with Crippen molar-refractivity contribution < 1.29 is 19.1 Å². The van der Waals surface area contributed by atoms with E-state index in [0.717, 1.165) is 40.8 Å². The van der Waals surface area contributed by atoms with E-state index in [1.807, 2.05) is 69.5 Å². The van der Waals surface area contributed by atoms with E-state index in [2.05, 4.69) is 10.6 Å². The molecule has 0 saturated heterocycles. The molecule has 1 aliphatic rings. The number of benzene rings is 2. The summed E-state index contributed by atoms with van der Waals surface area (Å²) in [6.45, 7) is 11.2. The number of aryl methyl sites for hydroxylation is 3. The van der Waals surface area contributed by atoms with Crippen LogP contribution in [0.1, 0.15) is 68.3 Å². The minimum Gasteiger partial charge on any atom is -0.444 e. The zero-order chi connectivity index (χ0) is 28.0. The van der Waals surface area contributed by atoms with Crippen molar-refractivity contribution in [2.24, 2.45) is 0 Å². The second-order valence-electron chi connectivity index (χ2n) is 11.0. The first-order chi connectivity index (χ1) is 17.9. The molecular formula is C30H41N3O4S. The van der Waals surface area contributed by atoms with Crippen LogP contribution in [0.5, 0.6) is 0 Å². The normalized spacial score (nSPS) is 14.8. The molecule has 0 aromatic heterocycles. The Balaban J connectivity index is 2.00. The molecule has 7 nitrogen and oxygen atoms in total. The second kappa shape index (κ2) is 12.7. The Morgan fingerprint density at radius 3 is 2.24 bits per heavy atom. The fourth-order valence-electron chi connectivity index (χ4n) is 4.48. The van der Waals surface area contributed by atoms with Crippen LogP contribution in [-0.4, -0.2) is 52.5 Å². The maximum atomic E-state index is 14.2. The maximum absolute atomic E-state index is 14.2. The summed E-state index contributed by atoms with van der Waals surface area (Å²) >= 11 is 1.60. The van der Waals surface area contributed by atoms with Crippen LogP contribution >= 0.6 is 11.8 Å². The molecule has 2 unspecified atom stereocenters. The zero-order valence-electron chi connectivity index (χ0n) is 23.6. The molecule has 0 heterocycles. The van der Waals surface area contributed by atoms with Crippen LogP contribution in [0.4, 0.5) is 10.5 Å². The Hall–Kier alpha value is -3.00. The number of anilines is 1. The third-order valence-corrected chi connectivity index (χ3v) is 7.05. The molecule has 2 N–H and O–H groups in total. The highest BCUT2D eigenvalue weighted by Gasteiger charge is 2.44. The van der Waals surface area contributed by atoms with Gasteiger partial charge in [-0.05, 0) is 89.5 Å². The van der Waals surface area contributed by atoms with Gasteiger partial charge < -0.3 is 20.3 Å². The van der Waals surface area contributed by atoms with Crippen molar-refractivity contribution in [1.82, 2.24) is 10.2 Å². The summed E-state index contributed by atoms with van der Waals surface area (Å²) in [7, 11) is 0. The number of amides is 3. The average molecular weight is 540 g/mol. The number of para-hydroxylation sites is 1. The van der Waals surface area contributed by atoms with Crippen LogP contribution < -0.4 is 10.6 Å². The van der Waals surface area contributed by atoms with Crippen molar-refractivity contribution >= 4 is 35.4 Å². The number of alkyl carbamates (subject to hydrolysis) is 1. The molecule has 1 fully saturated rings. The van der Waals surface area contributed by atoms with Gasteiger partial charge in [-0.1, -0.05) is 48.0 Å². The van der Waals surface area contributed by atoms with E-state index in [1.54, 1.807) is 37.4 Å². The number of carbonyl (C=O) groups excluding carboxylic acids is 3. The SMILES string of the molecule is CSCCC(NC(=O)OC(C)(C)C)C(=O)N(C1CC1)C(C(=O)Nc1c(C)cccc1C)c1cccc(C)c1. The van der Waals surface area contributed by atoms with Crippen LogP contribution in [0.15, 0.2) is 42.5 Å². The lowest BCUT2D eigenvalue weighted by molar-refractivity contribution is -0.141. The van der Waals surface area contributed by atoms with Gasteiger partial charge in [-0.3, -0.25) is 9.59 Å². The van der Waals surface area contributed by atoms with Gasteiger partial charge in [-0.25, -0.2) is 4.79 Å². The van der Waals surface area contributed by atoms with Crippen molar-refractivity contribution in [2.75, 3.05) is 17.3 Å². The lowest BCUT2D eigenvalue weighted by Crippen LogP contribution is -2.53. The number of hydrogen-bond donors (Lipinski definition) is 2. The topological polar surface area (TPSA) is 87.7 Å². The Bertz CT molecular complexity index is 1140. The highest BCUT2D eigenvalue weighted by atomic mass is 32.2. The van der Waals surface area contributed by atoms with Crippen LogP contribution in [0, 0.1) is 20.8 Å². The highest BCUT2D eigenvalue weighted by Crippen LogP contribution is 2.37. The van der Waals surface area contributed by atoms with Gasteiger partial charge in [-0.15, -0.1) is 0 Å². The summed E-state index contributed by atoms with van der Waals surface area (Å²) < 4.78 is 5.46. The molecule has 2 atom stereocenters. The monoisotopic (exact) mass is 539 g/mol. The molecule has 3 rings (SSSR count). The summed E-state index contributed by atoms with van der Waals surface area (Å²) in [6.07, 6.45) is 3.38. The molecule has 0 bridgehead atoms. The third kappa shape index (κ3) is 8.00. The van der Waals surface area contributed by atoms with Crippen LogP contribution in [0.25, 0.3) is 0 Å². The molecule has 8 heteroatoms. The van der Waals surface area contributed by atoms with Crippen molar-refractivity contribution in [3.63, 3.8) is 0 Å². The standard InChI is InChI=1S/C30H41N3O4S/c1-19-10-8-13-22(18-19)26(27(34)32-25-20(2)11-9-12-21(25)3)33(23-14-15-23)28(35)24(16-17-38-7)31-29(36)37-30(4,5)6/h8-13,18,23-24,26H,14-17H2,1-7H3,(H,31,36)(H,32,34). The maximum Gasteiger partial charge on any atom is 0.408 e. The van der Waals surface area contributed by atoms with E-state index < -0.39 is 23.8 Å². The summed E-state index contributed by atoms with van der Waals surface area (Å²) in [6, 6.07) is 11.9. The molecule has 2 aromatic carbocycles. The molecule has 3 amide bonds. The Kier molecular flexibility index (Phi) is 9.88. The fraction of sp³-hybridized carbons (Fsp3) is 0.500. The Morgan fingerprint density at radius 1 is 1.05 bits per heavy atom. The summed E-state index contributed by atoms with van der Waals surface area (Å²) in [5.74, 6) is 0.138. The van der Waals surface area contributed by atoms with E-state index in [-0.39, 0.29) is 17.9 Å². The predicted molar refractivity (Wildman–Crippen MR) is 154 cm³/mol. The van der Waals surface area contributed by atoms with Gasteiger partial charge in [-0.2, -0.15) is 11.8 Å². The highest BCUT2D eigenvalue weighted by molar-refractivity contribution is 7.98. The van der Waals surface area contributed by atoms with Crippen molar-refractivity contribution in [3.05, 3.63) is 64.7 Å². The number of ether oxygens (including phenoxy) is 1. The van der Waals surface area contributed by atoms with E-state index in [1.165, 1.54) is 0 Å². The van der Waals surface area contributed by atoms with Gasteiger partial charge in [0.05, 0.1) is 0 Å². The predicted octanol–water partition coefficient (Wildman–Crippen LogP) is 5.93. The number of carbonyl (C=O) groups is 3. The third-order valence-electron chi connectivity index (χ3n) is 6.41. The van der Waals surface area contributed by atoms with E-state index in [9.17, 15) is 14.4 Å². The lowest BCUT2D eigenvalue weighted by Gasteiger charge is -2.35. The average Bonchev–Trinajstić information content (AvgIpc) is 3.66. The Morgan fingerprint density at radius 2 is 1.68 bits per heavy atom. The fourth-order valence-corrected chi connectivity index (χ4v) is 4.95. The Labute approximate surface area is 231 Å². The van der Waals surface area contributed by atoms with Crippen molar-refractivity contribution in [3.8, 4) is 0 Å². The minimum absolute atomic E-state index is 0.0751. The van der Waals surface area contributed by atoms with Crippen LogP contribution in [0.3, 0.4) is 0 Å². The summed E-state index contributed by atoms with van der Waals surface area (Å²) in [4.78, 5) is 42.6. The largest absolute Gasteiger partial charge is 0.444 e. The first-order valence-corrected chi connectivity index (χ1v) is 14.5. The summed E-state index contributed by atoms with van der Waals surface area (Å²) in [5, 5.41) is 5.92. The molecule has 0 aliphatic heterocycles. The number of rotatable bonds is 10. The second-order valence-corrected chi connectivity index (χ2v) is 12.0. The molecule has 0 radical (unpaired) electrons. The number of nitrogens with zero attached hydrogens (tertiary/aromatic N) is 1. The van der Waals surface area contributed by atoms with Gasteiger partial charge in [0.2, 0.25) is 5.91 Å². The van der Waals surface area contributed by atoms with Crippen molar-refractivity contribution in [1.29, 1.82) is 0 Å². The lowest BCUT2D eigenvalue weighted by atomic mass is 9.99. The van der Waals surface area contributed by atoms with Gasteiger partial charge >= 0.3 is 6.09 Å². The van der Waals surface area contributed by atoms with E-state index in [0.29, 0.717) is 12.2 Å². The molecule has 0 spiro atoms. The smallest absolute Gasteiger partial charge is 0.408 e. The summed E-state index contributed by atoms with van der Waals surface area (Å²) in [5.41, 5.74) is 3.72. The molecule has 2 aromatic rings. The van der Waals surface area contributed by atoms with Crippen LogP contribution in [0.2, 0.25) is 0 Å². The molecule has 206 valence electrons. The van der Waals surface area contributed by atoms with E-state index in [4.69, 9.17) is 4.74 Å². The number of thioether (sulfide) groups is 1. The quantitative estimate of drug-likeness (QED) is 0.391. The van der Waals surface area contributed by atoms with Crippen molar-refractivity contribution in [2.45, 2.75) is 84.5 Å². The van der Waals surface area contributed by atoms with Gasteiger partial charge in [0.15, 0.2) is 0 Å². The first-order valence-electron chi connectivity index (χ1n) is 13.2. The van der Waals surface area contributed by atoms with Crippen LogP contribution in [-0.2, 0) is 14.3 Å². The van der Waals surface area contributed by atoms with E-state index >= 15 is 0 Å². The van der Waals surface area contributed by atoms with Gasteiger partial charge in [0, 0.05) is 11.7 Å². The van der Waals surface area contributed by atoms with Gasteiger partial charge in [0.25, 0.3) is 5.91 Å². The number of nitrogens with one attached hydrogen (secondary N) is 2. The first kappa shape index (κ1) is 29.6. The molecule has 1 aliphatic carbocycles. The van der Waals surface area contributed by atoms with Gasteiger partial charge in [0.1, 0.15) is 17.7 Å². The number of hydrogen-bond acceptors (Lipinski definition) is 5. The zero-order valence-corrected chi connectivity index (χ0v) is 24.4. The molecular weight excluding hydrogens is 498 g/mol. The molecule has 1 saturated carbocycles. The molecule has 38 heavy (non-hydrogen) atoms.